The number of hydrogen-bond acceptors (Lipinski definition) is 3. The summed E-state index contributed by atoms with van der Waals surface area (Å²) >= 11 is 0. The molecule has 4 aromatic rings. The molecule has 0 amide bonds. The average Bonchev–Trinajstić information content (AvgIpc) is 2.68. The minimum atomic E-state index is -0.387. The molecular formula is C22H15NO2. The van der Waals surface area contributed by atoms with E-state index in [0.29, 0.717) is 11.3 Å². The molecule has 0 saturated heterocycles. The van der Waals surface area contributed by atoms with E-state index in [4.69, 9.17) is 4.74 Å². The van der Waals surface area contributed by atoms with Crippen LogP contribution >= 0.6 is 0 Å². The van der Waals surface area contributed by atoms with Crippen LogP contribution in [-0.2, 0) is 0 Å². The van der Waals surface area contributed by atoms with E-state index in [1.165, 1.54) is 0 Å². The highest BCUT2D eigenvalue weighted by Gasteiger charge is 2.15. The molecule has 0 bridgehead atoms. The van der Waals surface area contributed by atoms with Crippen molar-refractivity contribution in [1.29, 1.82) is 0 Å². The molecule has 0 spiro atoms. The number of ether oxygens (including phenoxy) is 1. The summed E-state index contributed by atoms with van der Waals surface area (Å²) in [5, 5.41) is 0.781. The Balaban J connectivity index is 1.83. The fourth-order valence-electron chi connectivity index (χ4n) is 2.75. The monoisotopic (exact) mass is 325 g/mol. The van der Waals surface area contributed by atoms with Crippen LogP contribution in [0.1, 0.15) is 10.4 Å². The van der Waals surface area contributed by atoms with Crippen molar-refractivity contribution in [2.75, 3.05) is 0 Å². The van der Waals surface area contributed by atoms with Crippen molar-refractivity contribution in [2.24, 2.45) is 0 Å². The van der Waals surface area contributed by atoms with Crippen LogP contribution in [0, 0.1) is 0 Å². The third-order valence-corrected chi connectivity index (χ3v) is 3.96. The highest BCUT2D eigenvalue weighted by Crippen LogP contribution is 2.25. The zero-order valence-electron chi connectivity index (χ0n) is 13.4. The average molecular weight is 325 g/mol. The molecular weight excluding hydrogens is 310 g/mol. The molecule has 120 valence electrons. The van der Waals surface area contributed by atoms with Gasteiger partial charge in [0.15, 0.2) is 0 Å². The van der Waals surface area contributed by atoms with E-state index >= 15 is 0 Å². The molecule has 0 unspecified atom stereocenters. The molecule has 0 fully saturated rings. The summed E-state index contributed by atoms with van der Waals surface area (Å²) in [6, 6.07) is 28.3. The maximum absolute atomic E-state index is 12.8. The van der Waals surface area contributed by atoms with Crippen LogP contribution in [0.4, 0.5) is 0 Å². The number of hydrogen-bond donors (Lipinski definition) is 0. The smallest absolute Gasteiger partial charge is 0.344 e. The molecule has 0 aliphatic rings. The summed E-state index contributed by atoms with van der Waals surface area (Å²) < 4.78 is 5.53. The molecule has 0 aliphatic heterocycles. The number of para-hydroxylation sites is 2. The van der Waals surface area contributed by atoms with Crippen LogP contribution in [0.5, 0.6) is 5.75 Å². The van der Waals surface area contributed by atoms with E-state index in [2.05, 4.69) is 4.98 Å². The molecule has 25 heavy (non-hydrogen) atoms. The number of aromatic nitrogens is 1. The number of fused-ring (bicyclic) bond motifs is 1. The van der Waals surface area contributed by atoms with Crippen molar-refractivity contribution in [2.45, 2.75) is 0 Å². The Labute approximate surface area is 145 Å². The molecule has 0 atom stereocenters. The number of rotatable bonds is 3. The summed E-state index contributed by atoms with van der Waals surface area (Å²) in [4.78, 5) is 17.4. The Morgan fingerprint density at radius 1 is 0.760 bits per heavy atom. The van der Waals surface area contributed by atoms with Crippen molar-refractivity contribution in [3.63, 3.8) is 0 Å². The molecule has 4 rings (SSSR count). The van der Waals surface area contributed by atoms with Gasteiger partial charge in [-0.1, -0.05) is 66.7 Å². The first-order valence-electron chi connectivity index (χ1n) is 8.04. The predicted molar refractivity (Wildman–Crippen MR) is 98.6 cm³/mol. The van der Waals surface area contributed by atoms with Crippen molar-refractivity contribution in [3.05, 3.63) is 96.6 Å². The van der Waals surface area contributed by atoms with Gasteiger partial charge in [0.1, 0.15) is 5.75 Å². The fourth-order valence-corrected chi connectivity index (χ4v) is 2.75. The van der Waals surface area contributed by atoms with Crippen LogP contribution in [0.25, 0.3) is 22.2 Å². The van der Waals surface area contributed by atoms with Crippen LogP contribution < -0.4 is 4.74 Å². The number of carbonyl (C=O) groups is 1. The lowest BCUT2D eigenvalue weighted by molar-refractivity contribution is 0.0737. The molecule has 3 heteroatoms. The summed E-state index contributed by atoms with van der Waals surface area (Å²) in [5.74, 6) is 0.136. The van der Waals surface area contributed by atoms with Gasteiger partial charge in [0, 0.05) is 10.9 Å². The zero-order chi connectivity index (χ0) is 17.1. The van der Waals surface area contributed by atoms with Gasteiger partial charge in [0.2, 0.25) is 0 Å². The van der Waals surface area contributed by atoms with Crippen LogP contribution in [0.3, 0.4) is 0 Å². The molecule has 0 radical (unpaired) electrons. The van der Waals surface area contributed by atoms with E-state index in [1.807, 2.05) is 72.8 Å². The SMILES string of the molecule is O=C(Oc1ccccc1)c1cc(-c2ccccc2)nc2ccccc12. The topological polar surface area (TPSA) is 39.2 Å². The Kier molecular flexibility index (Phi) is 3.97. The van der Waals surface area contributed by atoms with Gasteiger partial charge in [-0.15, -0.1) is 0 Å². The largest absolute Gasteiger partial charge is 0.423 e. The number of pyridine rings is 1. The molecule has 3 aromatic carbocycles. The van der Waals surface area contributed by atoms with E-state index in [9.17, 15) is 4.79 Å². The maximum atomic E-state index is 12.8. The van der Waals surface area contributed by atoms with E-state index < -0.39 is 0 Å². The van der Waals surface area contributed by atoms with E-state index in [0.717, 1.165) is 22.2 Å². The minimum absolute atomic E-state index is 0.387. The lowest BCUT2D eigenvalue weighted by Crippen LogP contribution is -2.10. The Morgan fingerprint density at radius 2 is 1.40 bits per heavy atom. The third kappa shape index (κ3) is 3.12. The molecule has 1 heterocycles. The van der Waals surface area contributed by atoms with E-state index in [1.54, 1.807) is 18.2 Å². The number of carbonyl (C=O) groups excluding carboxylic acids is 1. The summed E-state index contributed by atoms with van der Waals surface area (Å²) in [5.41, 5.74) is 2.98. The maximum Gasteiger partial charge on any atom is 0.344 e. The Hall–Kier alpha value is -3.46. The van der Waals surface area contributed by atoms with Gasteiger partial charge >= 0.3 is 5.97 Å². The van der Waals surface area contributed by atoms with Gasteiger partial charge in [-0.05, 0) is 24.3 Å². The highest BCUT2D eigenvalue weighted by atomic mass is 16.5. The number of esters is 1. The Morgan fingerprint density at radius 3 is 2.16 bits per heavy atom. The van der Waals surface area contributed by atoms with Crippen LogP contribution in [0.2, 0.25) is 0 Å². The first kappa shape index (κ1) is 15.1. The first-order chi connectivity index (χ1) is 12.3. The molecule has 0 N–H and O–H groups in total. The molecule has 1 aromatic heterocycles. The summed E-state index contributed by atoms with van der Waals surface area (Å²) in [6.07, 6.45) is 0. The van der Waals surface area contributed by atoms with Crippen molar-refractivity contribution in [1.82, 2.24) is 4.98 Å². The van der Waals surface area contributed by atoms with Crippen molar-refractivity contribution in [3.8, 4) is 17.0 Å². The van der Waals surface area contributed by atoms with Gasteiger partial charge in [-0.25, -0.2) is 9.78 Å². The zero-order valence-corrected chi connectivity index (χ0v) is 13.4. The van der Waals surface area contributed by atoms with Gasteiger partial charge in [-0.3, -0.25) is 0 Å². The van der Waals surface area contributed by atoms with E-state index in [-0.39, 0.29) is 5.97 Å². The van der Waals surface area contributed by atoms with Crippen molar-refractivity contribution < 1.29 is 9.53 Å². The number of benzene rings is 3. The molecule has 0 aliphatic carbocycles. The van der Waals surface area contributed by atoms with Crippen molar-refractivity contribution >= 4 is 16.9 Å². The second-order valence-electron chi connectivity index (χ2n) is 5.64. The highest BCUT2D eigenvalue weighted by molar-refractivity contribution is 6.05. The van der Waals surface area contributed by atoms with Gasteiger partial charge in [0.05, 0.1) is 16.8 Å². The lowest BCUT2D eigenvalue weighted by atomic mass is 10.0. The first-order valence-corrected chi connectivity index (χ1v) is 8.04. The summed E-state index contributed by atoms with van der Waals surface area (Å²) in [7, 11) is 0. The predicted octanol–water partition coefficient (Wildman–Crippen LogP) is 5.12. The normalized spacial score (nSPS) is 10.6. The second-order valence-corrected chi connectivity index (χ2v) is 5.64. The third-order valence-electron chi connectivity index (χ3n) is 3.96. The molecule has 3 nitrogen and oxygen atoms in total. The van der Waals surface area contributed by atoms with Gasteiger partial charge in [-0.2, -0.15) is 0 Å². The standard InChI is InChI=1S/C22H15NO2/c24-22(25-17-11-5-2-6-12-17)19-15-21(16-9-3-1-4-10-16)23-20-14-8-7-13-18(19)20/h1-15H. The summed E-state index contributed by atoms with van der Waals surface area (Å²) in [6.45, 7) is 0. The fraction of sp³-hybridized carbons (Fsp3) is 0. The van der Waals surface area contributed by atoms with Crippen LogP contribution in [0.15, 0.2) is 91.0 Å². The quantitative estimate of drug-likeness (QED) is 0.387. The van der Waals surface area contributed by atoms with Crippen LogP contribution in [-0.4, -0.2) is 11.0 Å². The lowest BCUT2D eigenvalue weighted by Gasteiger charge is -2.10. The number of nitrogens with zero attached hydrogens (tertiary/aromatic N) is 1. The van der Waals surface area contributed by atoms with Gasteiger partial charge in [0.25, 0.3) is 0 Å². The Bertz CT molecular complexity index is 1030. The van der Waals surface area contributed by atoms with Gasteiger partial charge < -0.3 is 4.74 Å². The minimum Gasteiger partial charge on any atom is -0.423 e. The molecule has 0 saturated carbocycles. The second kappa shape index (κ2) is 6.57.